The van der Waals surface area contributed by atoms with Crippen LogP contribution in [0, 0.1) is 5.82 Å². The van der Waals surface area contributed by atoms with E-state index in [4.69, 9.17) is 0 Å². The quantitative estimate of drug-likeness (QED) is 0.706. The molecule has 0 bridgehead atoms. The first-order valence-electron chi connectivity index (χ1n) is 4.70. The Balaban J connectivity index is 2.37. The smallest absolute Gasteiger partial charge is 0.123 e. The fraction of sp³-hybridized carbons (Fsp3) is 0.0833. The number of pyridine rings is 1. The summed E-state index contributed by atoms with van der Waals surface area (Å²) in [5, 5.41) is 0. The van der Waals surface area contributed by atoms with E-state index in [2.05, 4.69) is 14.2 Å². The number of rotatable bonds is 2. The lowest BCUT2D eigenvalue weighted by Gasteiger charge is -2.02. The maximum atomic E-state index is 13.0. The minimum atomic E-state index is -0.220. The summed E-state index contributed by atoms with van der Waals surface area (Å²) in [5.74, 6) is -0.220. The molecule has 0 N–H and O–H groups in total. The van der Waals surface area contributed by atoms with Crippen LogP contribution in [0.15, 0.2) is 42.6 Å². The number of nitrogens with zero attached hydrogens (tertiary/aromatic N) is 1. The molecule has 1 atom stereocenters. The van der Waals surface area contributed by atoms with E-state index in [1.54, 1.807) is 12.3 Å². The molecule has 0 aliphatic heterocycles. The van der Waals surface area contributed by atoms with Gasteiger partial charge in [0, 0.05) is 23.6 Å². The van der Waals surface area contributed by atoms with Crippen molar-refractivity contribution in [1.29, 1.82) is 0 Å². The molecule has 2 aromatic rings. The van der Waals surface area contributed by atoms with Crippen molar-refractivity contribution >= 4 is 9.24 Å². The van der Waals surface area contributed by atoms with Crippen molar-refractivity contribution in [3.8, 4) is 11.1 Å². The molecule has 1 heterocycles. The van der Waals surface area contributed by atoms with Gasteiger partial charge in [-0.05, 0) is 23.8 Å². The summed E-state index contributed by atoms with van der Waals surface area (Å²) in [4.78, 5) is 4.26. The summed E-state index contributed by atoms with van der Waals surface area (Å²) in [6, 6.07) is 10.4. The normalized spacial score (nSPS) is 10.3. The molecule has 0 fully saturated rings. The zero-order valence-electron chi connectivity index (χ0n) is 8.15. The van der Waals surface area contributed by atoms with Gasteiger partial charge in [-0.1, -0.05) is 18.2 Å². The number of benzene rings is 1. The first kappa shape index (κ1) is 10.3. The van der Waals surface area contributed by atoms with Crippen LogP contribution in [0.2, 0.25) is 0 Å². The molecule has 0 radical (unpaired) electrons. The van der Waals surface area contributed by atoms with E-state index in [-0.39, 0.29) is 5.82 Å². The van der Waals surface area contributed by atoms with Gasteiger partial charge in [0.15, 0.2) is 0 Å². The second kappa shape index (κ2) is 4.50. The number of hydrogen-bond donors (Lipinski definition) is 0. The van der Waals surface area contributed by atoms with Gasteiger partial charge in [-0.25, -0.2) is 4.39 Å². The van der Waals surface area contributed by atoms with Gasteiger partial charge in [0.2, 0.25) is 0 Å². The Morgan fingerprint density at radius 3 is 2.60 bits per heavy atom. The third kappa shape index (κ3) is 2.40. The zero-order valence-corrected chi connectivity index (χ0v) is 9.31. The SMILES string of the molecule is Fc1cccc(-c2ccc(CP)nc2)c1. The molecule has 1 nitrogen and oxygen atoms in total. The monoisotopic (exact) mass is 219 g/mol. The maximum Gasteiger partial charge on any atom is 0.123 e. The molecule has 1 unspecified atom stereocenters. The zero-order chi connectivity index (χ0) is 10.7. The molecule has 76 valence electrons. The second-order valence-electron chi connectivity index (χ2n) is 3.25. The van der Waals surface area contributed by atoms with E-state index in [0.717, 1.165) is 23.0 Å². The van der Waals surface area contributed by atoms with Crippen molar-refractivity contribution in [2.75, 3.05) is 0 Å². The van der Waals surface area contributed by atoms with Gasteiger partial charge < -0.3 is 0 Å². The van der Waals surface area contributed by atoms with Gasteiger partial charge in [0.1, 0.15) is 5.82 Å². The van der Waals surface area contributed by atoms with Gasteiger partial charge in [-0.15, -0.1) is 9.24 Å². The Morgan fingerprint density at radius 1 is 1.13 bits per heavy atom. The van der Waals surface area contributed by atoms with E-state index in [9.17, 15) is 4.39 Å². The summed E-state index contributed by atoms with van der Waals surface area (Å²) >= 11 is 0. The molecule has 2 rings (SSSR count). The van der Waals surface area contributed by atoms with Crippen LogP contribution in [-0.2, 0) is 6.16 Å². The average Bonchev–Trinajstić information content (AvgIpc) is 2.29. The highest BCUT2D eigenvalue weighted by molar-refractivity contribution is 7.15. The summed E-state index contributed by atoms with van der Waals surface area (Å²) in [6.07, 6.45) is 2.61. The highest BCUT2D eigenvalue weighted by Gasteiger charge is 1.99. The van der Waals surface area contributed by atoms with E-state index >= 15 is 0 Å². The van der Waals surface area contributed by atoms with E-state index in [0.29, 0.717) is 0 Å². The molecule has 0 saturated heterocycles. The molecule has 0 amide bonds. The third-order valence-electron chi connectivity index (χ3n) is 2.19. The van der Waals surface area contributed by atoms with Gasteiger partial charge in [0.25, 0.3) is 0 Å². The summed E-state index contributed by atoms with van der Waals surface area (Å²) in [5.41, 5.74) is 2.81. The molecule has 0 aliphatic rings. The summed E-state index contributed by atoms with van der Waals surface area (Å²) in [6.45, 7) is 0. The van der Waals surface area contributed by atoms with Crippen LogP contribution in [0.4, 0.5) is 4.39 Å². The van der Waals surface area contributed by atoms with Crippen molar-refractivity contribution < 1.29 is 4.39 Å². The topological polar surface area (TPSA) is 12.9 Å². The van der Waals surface area contributed by atoms with Crippen LogP contribution < -0.4 is 0 Å². The van der Waals surface area contributed by atoms with Crippen molar-refractivity contribution in [1.82, 2.24) is 4.98 Å². The van der Waals surface area contributed by atoms with Crippen molar-refractivity contribution in [2.45, 2.75) is 6.16 Å². The Bertz CT molecular complexity index is 453. The Labute approximate surface area is 90.6 Å². The van der Waals surface area contributed by atoms with Crippen LogP contribution in [0.5, 0.6) is 0 Å². The molecule has 15 heavy (non-hydrogen) atoms. The van der Waals surface area contributed by atoms with E-state index < -0.39 is 0 Å². The minimum Gasteiger partial charge on any atom is -0.260 e. The third-order valence-corrected chi connectivity index (χ3v) is 2.61. The number of hydrogen-bond acceptors (Lipinski definition) is 1. The van der Waals surface area contributed by atoms with Gasteiger partial charge in [-0.2, -0.15) is 0 Å². The van der Waals surface area contributed by atoms with Crippen LogP contribution in [0.3, 0.4) is 0 Å². The lowest BCUT2D eigenvalue weighted by Crippen LogP contribution is -1.86. The predicted molar refractivity (Wildman–Crippen MR) is 63.0 cm³/mol. The molecule has 1 aromatic heterocycles. The first-order chi connectivity index (χ1) is 7.29. The van der Waals surface area contributed by atoms with Crippen LogP contribution in [0.25, 0.3) is 11.1 Å². The molecular weight excluding hydrogens is 208 g/mol. The summed E-state index contributed by atoms with van der Waals surface area (Å²) in [7, 11) is 2.62. The van der Waals surface area contributed by atoms with Crippen molar-refractivity contribution in [3.05, 3.63) is 54.1 Å². The van der Waals surface area contributed by atoms with Crippen molar-refractivity contribution in [3.63, 3.8) is 0 Å². The van der Waals surface area contributed by atoms with Gasteiger partial charge >= 0.3 is 0 Å². The van der Waals surface area contributed by atoms with Gasteiger partial charge in [0.05, 0.1) is 0 Å². The van der Waals surface area contributed by atoms with Crippen LogP contribution in [-0.4, -0.2) is 4.98 Å². The molecule has 3 heteroatoms. The second-order valence-corrected chi connectivity index (χ2v) is 3.66. The molecule has 0 spiro atoms. The minimum absolute atomic E-state index is 0.220. The van der Waals surface area contributed by atoms with Crippen LogP contribution >= 0.6 is 9.24 Å². The molecule has 0 aliphatic carbocycles. The van der Waals surface area contributed by atoms with E-state index in [1.807, 2.05) is 18.2 Å². The fourth-order valence-electron chi connectivity index (χ4n) is 1.38. The highest BCUT2D eigenvalue weighted by atomic mass is 31.0. The average molecular weight is 219 g/mol. The fourth-order valence-corrected chi connectivity index (χ4v) is 1.63. The highest BCUT2D eigenvalue weighted by Crippen LogP contribution is 2.19. The lowest BCUT2D eigenvalue weighted by atomic mass is 10.1. The Hall–Kier alpha value is -1.27. The molecule has 1 aromatic carbocycles. The lowest BCUT2D eigenvalue weighted by molar-refractivity contribution is 0.628. The number of aromatic nitrogens is 1. The summed E-state index contributed by atoms with van der Waals surface area (Å²) < 4.78 is 13.0. The largest absolute Gasteiger partial charge is 0.260 e. The van der Waals surface area contributed by atoms with Gasteiger partial charge in [-0.3, -0.25) is 4.98 Å². The standard InChI is InChI=1S/C12H11FNP/c13-11-3-1-2-9(6-11)10-4-5-12(8-15)14-7-10/h1-7H,8,15H2. The number of halogens is 1. The Morgan fingerprint density at radius 2 is 2.00 bits per heavy atom. The Kier molecular flexibility index (Phi) is 3.08. The predicted octanol–water partition coefficient (Wildman–Crippen LogP) is 3.26. The first-order valence-corrected chi connectivity index (χ1v) is 5.52. The molecule has 0 saturated carbocycles. The molecular formula is C12H11FNP. The van der Waals surface area contributed by atoms with Crippen molar-refractivity contribution in [2.24, 2.45) is 0 Å². The maximum absolute atomic E-state index is 13.0. The van der Waals surface area contributed by atoms with E-state index in [1.165, 1.54) is 12.1 Å². The van der Waals surface area contributed by atoms with Crippen LogP contribution in [0.1, 0.15) is 5.69 Å².